The van der Waals surface area contributed by atoms with Gasteiger partial charge in [0, 0.05) is 28.2 Å². The molecule has 3 nitrogen and oxygen atoms in total. The molecule has 6 heteroatoms. The number of aryl methyl sites for hydroxylation is 2. The van der Waals surface area contributed by atoms with Gasteiger partial charge >= 0.3 is 0 Å². The molecular weight excluding hydrogens is 324 g/mol. The lowest BCUT2D eigenvalue weighted by atomic mass is 10.2. The molecule has 0 fully saturated rings. The number of H-pyrrole nitrogens is 1. The zero-order valence-electron chi connectivity index (χ0n) is 11.9. The fourth-order valence-electron chi connectivity index (χ4n) is 1.66. The molecule has 1 aromatic heterocycles. The van der Waals surface area contributed by atoms with Gasteiger partial charge in [0.1, 0.15) is 0 Å². The molecule has 0 aliphatic heterocycles. The first-order valence-corrected chi connectivity index (χ1v) is 8.98. The molecule has 0 aliphatic carbocycles. The van der Waals surface area contributed by atoms with Crippen molar-refractivity contribution in [1.82, 2.24) is 9.97 Å². The van der Waals surface area contributed by atoms with Gasteiger partial charge in [-0.2, -0.15) is 0 Å². The first-order chi connectivity index (χ1) is 10.0. The van der Waals surface area contributed by atoms with E-state index in [2.05, 4.69) is 41.2 Å². The summed E-state index contributed by atoms with van der Waals surface area (Å²) in [5, 5.41) is 0.651. The van der Waals surface area contributed by atoms with E-state index in [0.29, 0.717) is 10.9 Å². The van der Waals surface area contributed by atoms with Gasteiger partial charge in [0.25, 0.3) is 5.56 Å². The minimum absolute atomic E-state index is 0.0205. The monoisotopic (exact) mass is 340 g/mol. The van der Waals surface area contributed by atoms with E-state index in [4.69, 9.17) is 11.6 Å². The van der Waals surface area contributed by atoms with Crippen molar-refractivity contribution in [1.29, 1.82) is 0 Å². The van der Waals surface area contributed by atoms with Crippen LogP contribution in [0.4, 0.5) is 0 Å². The van der Waals surface area contributed by atoms with Crippen molar-refractivity contribution in [3.8, 4) is 0 Å². The first-order valence-electron chi connectivity index (χ1n) is 6.57. The van der Waals surface area contributed by atoms with Gasteiger partial charge in [-0.15, -0.1) is 23.4 Å². The van der Waals surface area contributed by atoms with E-state index in [9.17, 15) is 4.79 Å². The van der Waals surface area contributed by atoms with Crippen LogP contribution in [0.25, 0.3) is 0 Å². The second-order valence-electron chi connectivity index (χ2n) is 4.72. The standard InChI is InChI=1S/C15H17ClN2OS2/c1-10-3-5-13(6-4-10)20-8-12(16)9-21-15-17-11(2)7-14(19)18-15/h3-7,12H,8-9H2,1-2H3,(H,17,18,19). The molecule has 0 amide bonds. The fourth-order valence-corrected chi connectivity index (χ4v) is 3.84. The van der Waals surface area contributed by atoms with Crippen LogP contribution in [0.2, 0.25) is 0 Å². The number of rotatable bonds is 6. The van der Waals surface area contributed by atoms with Crippen LogP contribution in [0.1, 0.15) is 11.3 Å². The molecule has 0 bridgehead atoms. The summed E-state index contributed by atoms with van der Waals surface area (Å²) in [7, 11) is 0. The molecule has 2 rings (SSSR count). The van der Waals surface area contributed by atoms with Crippen LogP contribution in [-0.4, -0.2) is 26.9 Å². The molecule has 0 radical (unpaired) electrons. The molecule has 0 saturated heterocycles. The van der Waals surface area contributed by atoms with Crippen molar-refractivity contribution in [3.05, 3.63) is 51.9 Å². The highest BCUT2D eigenvalue weighted by Gasteiger charge is 2.08. The molecule has 1 atom stereocenters. The summed E-state index contributed by atoms with van der Waals surface area (Å²) >= 11 is 9.55. The maximum Gasteiger partial charge on any atom is 0.251 e. The highest BCUT2D eigenvalue weighted by Crippen LogP contribution is 2.23. The Morgan fingerprint density at radius 3 is 2.52 bits per heavy atom. The number of aromatic amines is 1. The van der Waals surface area contributed by atoms with E-state index >= 15 is 0 Å². The number of benzene rings is 1. The fraction of sp³-hybridized carbons (Fsp3) is 0.333. The first kappa shape index (κ1) is 16.5. The average molecular weight is 341 g/mol. The minimum Gasteiger partial charge on any atom is -0.301 e. The number of nitrogens with one attached hydrogen (secondary N) is 1. The van der Waals surface area contributed by atoms with Gasteiger partial charge in [0.05, 0.1) is 5.38 Å². The molecule has 0 saturated carbocycles. The SMILES string of the molecule is Cc1ccc(SCC(Cl)CSc2nc(C)cc(=O)[nH]2)cc1. The Labute approximate surface area is 137 Å². The normalized spacial score (nSPS) is 12.3. The maximum absolute atomic E-state index is 11.3. The molecule has 2 aromatic rings. The summed E-state index contributed by atoms with van der Waals surface area (Å²) in [5.74, 6) is 1.54. The van der Waals surface area contributed by atoms with Crippen LogP contribution >= 0.6 is 35.1 Å². The number of alkyl halides is 1. The second-order valence-corrected chi connectivity index (χ2v) is 7.44. The number of thioether (sulfide) groups is 2. The molecule has 1 unspecified atom stereocenters. The molecule has 112 valence electrons. The predicted octanol–water partition coefficient (Wildman–Crippen LogP) is 3.88. The van der Waals surface area contributed by atoms with E-state index in [1.54, 1.807) is 11.8 Å². The van der Waals surface area contributed by atoms with Crippen LogP contribution in [0.15, 0.2) is 45.2 Å². The largest absolute Gasteiger partial charge is 0.301 e. The van der Waals surface area contributed by atoms with Crippen molar-refractivity contribution in [3.63, 3.8) is 0 Å². The van der Waals surface area contributed by atoms with Crippen LogP contribution in [0.3, 0.4) is 0 Å². The van der Waals surface area contributed by atoms with E-state index in [1.165, 1.54) is 28.3 Å². The van der Waals surface area contributed by atoms with Gasteiger partial charge in [-0.25, -0.2) is 4.98 Å². The van der Waals surface area contributed by atoms with E-state index < -0.39 is 0 Å². The van der Waals surface area contributed by atoms with Crippen LogP contribution < -0.4 is 5.56 Å². The lowest BCUT2D eigenvalue weighted by molar-refractivity contribution is 0.903. The molecule has 0 aliphatic rings. The average Bonchev–Trinajstić information content (AvgIpc) is 2.43. The van der Waals surface area contributed by atoms with Gasteiger partial charge in [0.2, 0.25) is 0 Å². The number of nitrogens with zero attached hydrogens (tertiary/aromatic N) is 1. The number of aromatic nitrogens is 2. The van der Waals surface area contributed by atoms with E-state index in [1.807, 2.05) is 6.92 Å². The summed E-state index contributed by atoms with van der Waals surface area (Å²) in [6.07, 6.45) is 0. The summed E-state index contributed by atoms with van der Waals surface area (Å²) in [4.78, 5) is 19.6. The third-order valence-electron chi connectivity index (χ3n) is 2.70. The van der Waals surface area contributed by atoms with Crippen LogP contribution in [-0.2, 0) is 0 Å². The smallest absolute Gasteiger partial charge is 0.251 e. The lowest BCUT2D eigenvalue weighted by Gasteiger charge is -2.09. The number of hydrogen-bond acceptors (Lipinski definition) is 4. The summed E-state index contributed by atoms with van der Waals surface area (Å²) in [6.45, 7) is 3.88. The Bertz CT molecular complexity index is 643. The van der Waals surface area contributed by atoms with Crippen molar-refractivity contribution >= 4 is 35.1 Å². The summed E-state index contributed by atoms with van der Waals surface area (Å²) in [5.41, 5.74) is 1.86. The quantitative estimate of drug-likeness (QED) is 0.492. The van der Waals surface area contributed by atoms with Gasteiger partial charge in [-0.1, -0.05) is 29.5 Å². The van der Waals surface area contributed by atoms with Crippen LogP contribution in [0.5, 0.6) is 0 Å². The maximum atomic E-state index is 11.3. The zero-order chi connectivity index (χ0) is 15.2. The number of halogens is 1. The minimum atomic E-state index is -0.120. The Balaban J connectivity index is 1.80. The highest BCUT2D eigenvalue weighted by atomic mass is 35.5. The molecule has 1 aromatic carbocycles. The van der Waals surface area contributed by atoms with Crippen LogP contribution in [0, 0.1) is 13.8 Å². The Morgan fingerprint density at radius 2 is 1.86 bits per heavy atom. The van der Waals surface area contributed by atoms with E-state index in [0.717, 1.165) is 11.4 Å². The topological polar surface area (TPSA) is 45.8 Å². The molecule has 0 spiro atoms. The summed E-state index contributed by atoms with van der Waals surface area (Å²) in [6, 6.07) is 9.89. The molecule has 21 heavy (non-hydrogen) atoms. The van der Waals surface area contributed by atoms with Gasteiger partial charge < -0.3 is 4.98 Å². The van der Waals surface area contributed by atoms with Crippen molar-refractivity contribution < 1.29 is 0 Å². The van der Waals surface area contributed by atoms with Gasteiger partial charge in [0.15, 0.2) is 5.16 Å². The predicted molar refractivity (Wildman–Crippen MR) is 91.9 cm³/mol. The molecular formula is C15H17ClN2OS2. The van der Waals surface area contributed by atoms with Crippen molar-refractivity contribution in [2.45, 2.75) is 29.3 Å². The van der Waals surface area contributed by atoms with Gasteiger partial charge in [-0.05, 0) is 26.0 Å². The zero-order valence-corrected chi connectivity index (χ0v) is 14.3. The molecule has 1 N–H and O–H groups in total. The number of hydrogen-bond donors (Lipinski definition) is 1. The van der Waals surface area contributed by atoms with Crippen molar-refractivity contribution in [2.75, 3.05) is 11.5 Å². The summed E-state index contributed by atoms with van der Waals surface area (Å²) < 4.78 is 0. The lowest BCUT2D eigenvalue weighted by Crippen LogP contribution is -2.11. The Morgan fingerprint density at radius 1 is 1.19 bits per heavy atom. The highest BCUT2D eigenvalue weighted by molar-refractivity contribution is 8.00. The molecule has 1 heterocycles. The second kappa shape index (κ2) is 7.92. The Hall–Kier alpha value is -0.910. The van der Waals surface area contributed by atoms with Gasteiger partial charge in [-0.3, -0.25) is 4.79 Å². The Kier molecular flexibility index (Phi) is 6.21. The van der Waals surface area contributed by atoms with Crippen molar-refractivity contribution in [2.24, 2.45) is 0 Å². The third-order valence-corrected chi connectivity index (χ3v) is 5.59. The third kappa shape index (κ3) is 5.77. The van der Waals surface area contributed by atoms with E-state index in [-0.39, 0.29) is 10.9 Å².